The molecule has 0 saturated heterocycles. The van der Waals surface area contributed by atoms with Crippen LogP contribution in [0, 0.1) is 12.8 Å². The molecule has 9 heteroatoms. The highest BCUT2D eigenvalue weighted by Crippen LogP contribution is 2.36. The number of rotatable bonds is 6. The van der Waals surface area contributed by atoms with E-state index in [2.05, 4.69) is 20.3 Å². The van der Waals surface area contributed by atoms with Gasteiger partial charge in [0.2, 0.25) is 5.91 Å². The van der Waals surface area contributed by atoms with Crippen molar-refractivity contribution in [2.75, 3.05) is 5.32 Å². The predicted molar refractivity (Wildman–Crippen MR) is 127 cm³/mol. The van der Waals surface area contributed by atoms with Gasteiger partial charge in [0, 0.05) is 54.4 Å². The zero-order chi connectivity index (χ0) is 24.0. The van der Waals surface area contributed by atoms with Crippen molar-refractivity contribution in [3.8, 4) is 22.6 Å². The van der Waals surface area contributed by atoms with E-state index in [0.717, 1.165) is 22.1 Å². The number of pyridine rings is 3. The van der Waals surface area contributed by atoms with Gasteiger partial charge in [-0.3, -0.25) is 9.78 Å². The van der Waals surface area contributed by atoms with E-state index in [-0.39, 0.29) is 12.3 Å². The number of anilines is 1. The van der Waals surface area contributed by atoms with Crippen molar-refractivity contribution in [3.63, 3.8) is 0 Å². The van der Waals surface area contributed by atoms with Crippen LogP contribution in [0.25, 0.3) is 33.5 Å². The molecule has 0 bridgehead atoms. The zero-order valence-electron chi connectivity index (χ0n) is 19.2. The minimum Gasteiger partial charge on any atom is -0.387 e. The van der Waals surface area contributed by atoms with Crippen LogP contribution in [0.2, 0.25) is 0 Å². The molecule has 0 aromatic carbocycles. The number of fused-ring (bicyclic) bond motifs is 1. The lowest BCUT2D eigenvalue weighted by atomic mass is 9.98. The Morgan fingerprint density at radius 1 is 1.24 bits per heavy atom. The molecule has 4 aromatic heterocycles. The van der Waals surface area contributed by atoms with Gasteiger partial charge >= 0.3 is 0 Å². The lowest BCUT2D eigenvalue weighted by Gasteiger charge is -2.15. The first-order chi connectivity index (χ1) is 16.4. The van der Waals surface area contributed by atoms with Gasteiger partial charge in [0.25, 0.3) is 0 Å². The van der Waals surface area contributed by atoms with Gasteiger partial charge in [-0.25, -0.2) is 19.3 Å². The van der Waals surface area contributed by atoms with E-state index in [1.807, 2.05) is 43.8 Å². The fourth-order valence-electron chi connectivity index (χ4n) is 4.01. The smallest absolute Gasteiger partial charge is 0.231 e. The average molecular weight is 461 g/mol. The monoisotopic (exact) mass is 460 g/mol. The van der Waals surface area contributed by atoms with Crippen molar-refractivity contribution < 1.29 is 14.3 Å². The van der Waals surface area contributed by atoms with Crippen LogP contribution in [0.1, 0.15) is 37.1 Å². The first kappa shape index (κ1) is 22.1. The fourth-order valence-corrected chi connectivity index (χ4v) is 4.01. The van der Waals surface area contributed by atoms with E-state index in [1.54, 1.807) is 24.7 Å². The second-order valence-electron chi connectivity index (χ2n) is 8.70. The van der Waals surface area contributed by atoms with Crippen LogP contribution < -0.4 is 5.32 Å². The van der Waals surface area contributed by atoms with Gasteiger partial charge in [-0.1, -0.05) is 6.92 Å². The van der Waals surface area contributed by atoms with Crippen molar-refractivity contribution in [1.29, 1.82) is 0 Å². The summed E-state index contributed by atoms with van der Waals surface area (Å²) in [5.41, 5.74) is 4.58. The third kappa shape index (κ3) is 4.03. The minimum atomic E-state index is -1.07. The Kier molecular flexibility index (Phi) is 5.57. The number of aliphatic hydroxyl groups is 1. The lowest BCUT2D eigenvalue weighted by Crippen LogP contribution is -2.15. The van der Waals surface area contributed by atoms with E-state index in [0.29, 0.717) is 35.0 Å². The summed E-state index contributed by atoms with van der Waals surface area (Å²) in [7, 11) is 1.89. The number of alkyl halides is 1. The normalized spacial score (nSPS) is 18.1. The molecule has 1 aliphatic carbocycles. The Labute approximate surface area is 195 Å². The maximum Gasteiger partial charge on any atom is 0.231 e. The number of carbonyl (C=O) groups excluding carboxylic acids is 1. The molecule has 1 saturated carbocycles. The van der Waals surface area contributed by atoms with Crippen LogP contribution in [0.15, 0.2) is 43.0 Å². The molecular formula is C25H25FN6O2. The van der Waals surface area contributed by atoms with E-state index in [1.165, 1.54) is 0 Å². The van der Waals surface area contributed by atoms with Crippen molar-refractivity contribution in [2.45, 2.75) is 39.0 Å². The lowest BCUT2D eigenvalue weighted by molar-refractivity contribution is -0.117. The molecule has 0 radical (unpaired) electrons. The molecule has 3 atom stereocenters. The Balaban J connectivity index is 1.62. The molecule has 0 aliphatic heterocycles. The second kappa shape index (κ2) is 8.57. The molecule has 4 heterocycles. The maximum atomic E-state index is 13.2. The van der Waals surface area contributed by atoms with Gasteiger partial charge in [0.1, 0.15) is 17.7 Å². The third-order valence-electron chi connectivity index (χ3n) is 6.18. The van der Waals surface area contributed by atoms with Gasteiger partial charge < -0.3 is 15.0 Å². The van der Waals surface area contributed by atoms with Crippen LogP contribution in [0.3, 0.4) is 0 Å². The molecule has 34 heavy (non-hydrogen) atoms. The number of hydrogen-bond donors (Lipinski definition) is 2. The summed E-state index contributed by atoms with van der Waals surface area (Å²) >= 11 is 0. The number of nitrogens with one attached hydrogen (secondary N) is 1. The Morgan fingerprint density at radius 3 is 2.68 bits per heavy atom. The molecule has 174 valence electrons. The Morgan fingerprint density at radius 2 is 2.03 bits per heavy atom. The fraction of sp³-hybridized carbons (Fsp3) is 0.320. The summed E-state index contributed by atoms with van der Waals surface area (Å²) in [6, 6.07) is 5.55. The summed E-state index contributed by atoms with van der Waals surface area (Å²) in [5, 5.41) is 13.7. The number of hydrogen-bond acceptors (Lipinski definition) is 6. The van der Waals surface area contributed by atoms with Gasteiger partial charge in [-0.05, 0) is 37.5 Å². The molecule has 2 N–H and O–H groups in total. The van der Waals surface area contributed by atoms with E-state index < -0.39 is 18.2 Å². The average Bonchev–Trinajstić information content (AvgIpc) is 3.42. The van der Waals surface area contributed by atoms with Crippen LogP contribution in [-0.4, -0.2) is 41.7 Å². The molecule has 0 spiro atoms. The first-order valence-electron chi connectivity index (χ1n) is 11.2. The van der Waals surface area contributed by atoms with Gasteiger partial charge in [-0.2, -0.15) is 0 Å². The predicted octanol–water partition coefficient (Wildman–Crippen LogP) is 4.14. The number of carbonyl (C=O) groups is 1. The highest BCUT2D eigenvalue weighted by molar-refractivity contribution is 5.96. The molecule has 1 aliphatic rings. The highest BCUT2D eigenvalue weighted by Gasteiger charge is 2.43. The van der Waals surface area contributed by atoms with Crippen LogP contribution in [0.4, 0.5) is 10.2 Å². The molecule has 4 aromatic rings. The second-order valence-corrected chi connectivity index (χ2v) is 8.70. The summed E-state index contributed by atoms with van der Waals surface area (Å²) < 4.78 is 15.1. The van der Waals surface area contributed by atoms with E-state index in [4.69, 9.17) is 4.98 Å². The Bertz CT molecular complexity index is 1400. The quantitative estimate of drug-likeness (QED) is 0.448. The number of halogens is 1. The summed E-state index contributed by atoms with van der Waals surface area (Å²) in [6.45, 7) is 3.88. The van der Waals surface area contributed by atoms with Gasteiger partial charge in [0.15, 0.2) is 5.82 Å². The number of aromatic nitrogens is 5. The third-order valence-corrected chi connectivity index (χ3v) is 6.18. The van der Waals surface area contributed by atoms with Crippen LogP contribution >= 0.6 is 0 Å². The zero-order valence-corrected chi connectivity index (χ0v) is 19.2. The molecule has 5 rings (SSSR count). The van der Waals surface area contributed by atoms with Crippen LogP contribution in [-0.2, 0) is 11.8 Å². The summed E-state index contributed by atoms with van der Waals surface area (Å²) in [6.07, 6.45) is 6.10. The molecule has 1 fully saturated rings. The maximum absolute atomic E-state index is 13.2. The van der Waals surface area contributed by atoms with E-state index in [9.17, 15) is 14.3 Å². The van der Waals surface area contributed by atoms with Crippen molar-refractivity contribution in [1.82, 2.24) is 24.5 Å². The molecule has 8 nitrogen and oxygen atoms in total. The number of amides is 1. The molecule has 1 amide bonds. The number of imidazole rings is 1. The summed E-state index contributed by atoms with van der Waals surface area (Å²) in [4.78, 5) is 30.3. The summed E-state index contributed by atoms with van der Waals surface area (Å²) in [5.74, 6) is 0.0463. The minimum absolute atomic E-state index is 0.256. The van der Waals surface area contributed by atoms with E-state index >= 15 is 0 Å². The van der Waals surface area contributed by atoms with Crippen molar-refractivity contribution >= 4 is 22.6 Å². The van der Waals surface area contributed by atoms with Crippen molar-refractivity contribution in [3.05, 3.63) is 54.2 Å². The number of aliphatic hydroxyl groups excluding tert-OH is 1. The highest BCUT2D eigenvalue weighted by atomic mass is 19.1. The largest absolute Gasteiger partial charge is 0.387 e. The van der Waals surface area contributed by atoms with Crippen molar-refractivity contribution in [2.24, 2.45) is 13.0 Å². The topological polar surface area (TPSA) is 106 Å². The SMILES string of the molecule is CCC(O)c1cc(C)c(-c2cc3cnc(NC(=O)[C@H]4C[C@H]4F)cc3nc2-c2nccn2C)cn1. The number of nitrogens with zero attached hydrogens (tertiary/aromatic N) is 5. The molecular weight excluding hydrogens is 435 g/mol. The standard InChI is InChI=1S/C25H25FN6O2/c1-4-21(33)20-7-13(2)17(12-28-20)15-8-14-11-29-22(31-25(34)16-9-18(16)26)10-19(14)30-23(15)24-27-5-6-32(24)3/h5-8,10-12,16,18,21,33H,4,9H2,1-3H3,(H,29,31,34)/t16-,18+,21?/m0/s1. The van der Waals surface area contributed by atoms with Gasteiger partial charge in [0.05, 0.1) is 23.2 Å². The van der Waals surface area contributed by atoms with Crippen LogP contribution in [0.5, 0.6) is 0 Å². The van der Waals surface area contributed by atoms with Gasteiger partial charge in [-0.15, -0.1) is 0 Å². The number of aryl methyl sites for hydroxylation is 2. The molecule has 1 unspecified atom stereocenters. The first-order valence-corrected chi connectivity index (χ1v) is 11.2. The Hall–Kier alpha value is -3.72.